The summed E-state index contributed by atoms with van der Waals surface area (Å²) in [6.45, 7) is 0.864. The second-order valence-electron chi connectivity index (χ2n) is 6.26. The van der Waals surface area contributed by atoms with Crippen LogP contribution < -0.4 is 5.69 Å². The summed E-state index contributed by atoms with van der Waals surface area (Å²) in [4.78, 5) is 16.7. The molecule has 132 valence electrons. The number of nitrogens with zero attached hydrogens (tertiary/aromatic N) is 4. The lowest BCUT2D eigenvalue weighted by Gasteiger charge is -2.30. The molecule has 0 amide bonds. The molecular weight excluding hydrogens is 344 g/mol. The van der Waals surface area contributed by atoms with Crippen molar-refractivity contribution >= 4 is 21.1 Å². The number of piperidine rings is 1. The quantitative estimate of drug-likeness (QED) is 0.706. The fourth-order valence-corrected chi connectivity index (χ4v) is 4.83. The molecule has 3 heterocycles. The molecule has 0 bridgehead atoms. The smallest absolute Gasteiger partial charge is 0.320 e. The van der Waals surface area contributed by atoms with Crippen LogP contribution in [-0.2, 0) is 17.1 Å². The zero-order chi connectivity index (χ0) is 17.6. The van der Waals surface area contributed by atoms with Crippen LogP contribution in [0.1, 0.15) is 24.6 Å². The van der Waals surface area contributed by atoms with Gasteiger partial charge in [-0.3, -0.25) is 0 Å². The molecule has 2 aromatic heterocycles. The number of nitrogens with one attached hydrogen (secondary N) is 2. The molecule has 1 aliphatic heterocycles. The van der Waals surface area contributed by atoms with Gasteiger partial charge in [0.2, 0.25) is 10.0 Å². The van der Waals surface area contributed by atoms with Gasteiger partial charge >= 0.3 is 5.69 Å². The summed E-state index contributed by atoms with van der Waals surface area (Å²) in [7, 11) is -1.70. The van der Waals surface area contributed by atoms with E-state index < -0.39 is 10.0 Å². The molecule has 1 aromatic carbocycles. The second-order valence-corrected chi connectivity index (χ2v) is 8.20. The number of H-pyrrole nitrogens is 2. The Bertz CT molecular complexity index is 1070. The molecule has 3 aromatic rings. The van der Waals surface area contributed by atoms with Crippen molar-refractivity contribution in [3.63, 3.8) is 0 Å². The molecule has 1 saturated heterocycles. The molecule has 2 N–H and O–H groups in total. The largest absolute Gasteiger partial charge is 0.323 e. The molecule has 0 atom stereocenters. The Morgan fingerprint density at radius 1 is 1.16 bits per heavy atom. The number of aryl methyl sites for hydroxylation is 1. The molecule has 0 unspecified atom stereocenters. The van der Waals surface area contributed by atoms with Crippen LogP contribution in [0.3, 0.4) is 0 Å². The van der Waals surface area contributed by atoms with Gasteiger partial charge in [0.1, 0.15) is 12.2 Å². The van der Waals surface area contributed by atoms with Crippen LogP contribution in [0.4, 0.5) is 0 Å². The SMILES string of the molecule is Cn1cnnc1C1CCN(S(=O)(=O)c2ccc3[nH]c(=O)[nH]c3c2)CC1. The highest BCUT2D eigenvalue weighted by atomic mass is 32.2. The van der Waals surface area contributed by atoms with E-state index in [1.54, 1.807) is 12.4 Å². The number of hydrogen-bond acceptors (Lipinski definition) is 5. The Morgan fingerprint density at radius 2 is 1.88 bits per heavy atom. The second kappa shape index (κ2) is 5.81. The number of benzene rings is 1. The summed E-state index contributed by atoms with van der Waals surface area (Å²) in [5.41, 5.74) is 0.721. The average Bonchev–Trinajstić information content (AvgIpc) is 3.18. The van der Waals surface area contributed by atoms with Crippen molar-refractivity contribution < 1.29 is 8.42 Å². The van der Waals surface area contributed by atoms with Crippen LogP contribution in [0.2, 0.25) is 0 Å². The Balaban J connectivity index is 1.56. The summed E-state index contributed by atoms with van der Waals surface area (Å²) in [5.74, 6) is 1.10. The van der Waals surface area contributed by atoms with Gasteiger partial charge in [-0.25, -0.2) is 13.2 Å². The van der Waals surface area contributed by atoms with E-state index >= 15 is 0 Å². The highest BCUT2D eigenvalue weighted by Gasteiger charge is 2.31. The predicted octanol–water partition coefficient (Wildman–Crippen LogP) is 0.553. The van der Waals surface area contributed by atoms with Crippen LogP contribution >= 0.6 is 0 Å². The number of aromatic amines is 2. The predicted molar refractivity (Wildman–Crippen MR) is 90.7 cm³/mol. The maximum Gasteiger partial charge on any atom is 0.323 e. The third-order valence-electron chi connectivity index (χ3n) is 4.69. The van der Waals surface area contributed by atoms with E-state index in [0.29, 0.717) is 37.0 Å². The number of sulfonamides is 1. The first-order valence-corrected chi connectivity index (χ1v) is 9.45. The van der Waals surface area contributed by atoms with Gasteiger partial charge in [0, 0.05) is 26.1 Å². The third-order valence-corrected chi connectivity index (χ3v) is 6.59. The summed E-state index contributed by atoms with van der Waals surface area (Å²) in [6.07, 6.45) is 3.06. The molecule has 1 fully saturated rings. The minimum absolute atomic E-state index is 0.187. The number of hydrogen-bond donors (Lipinski definition) is 2. The lowest BCUT2D eigenvalue weighted by Crippen LogP contribution is -2.38. The number of imidazole rings is 1. The number of fused-ring (bicyclic) bond motifs is 1. The highest BCUT2D eigenvalue weighted by Crippen LogP contribution is 2.29. The molecule has 25 heavy (non-hydrogen) atoms. The minimum Gasteiger partial charge on any atom is -0.320 e. The van der Waals surface area contributed by atoms with E-state index in [-0.39, 0.29) is 16.5 Å². The van der Waals surface area contributed by atoms with Crippen LogP contribution in [0.25, 0.3) is 11.0 Å². The van der Waals surface area contributed by atoms with Crippen molar-refractivity contribution in [3.8, 4) is 0 Å². The summed E-state index contributed by atoms with van der Waals surface area (Å²) in [6, 6.07) is 4.62. The maximum absolute atomic E-state index is 12.9. The van der Waals surface area contributed by atoms with Gasteiger partial charge in [0.15, 0.2) is 0 Å². The van der Waals surface area contributed by atoms with Gasteiger partial charge in [0.25, 0.3) is 0 Å². The average molecular weight is 362 g/mol. The van der Waals surface area contributed by atoms with Gasteiger partial charge in [-0.15, -0.1) is 10.2 Å². The first kappa shape index (κ1) is 16.0. The summed E-state index contributed by atoms with van der Waals surface area (Å²) < 4.78 is 29.1. The van der Waals surface area contributed by atoms with Crippen molar-refractivity contribution in [1.82, 2.24) is 29.0 Å². The molecule has 1 aliphatic rings. The van der Waals surface area contributed by atoms with Gasteiger partial charge in [0.05, 0.1) is 15.9 Å². The fraction of sp³-hybridized carbons (Fsp3) is 0.400. The standard InChI is InChI=1S/C15H18N6O3S/c1-20-9-16-19-14(20)10-4-6-21(7-5-10)25(23,24)11-2-3-12-13(8-11)18-15(22)17-12/h2-3,8-10H,4-7H2,1H3,(H2,17,18,22). The molecule has 0 spiro atoms. The lowest BCUT2D eigenvalue weighted by atomic mass is 9.97. The van der Waals surface area contributed by atoms with Crippen LogP contribution in [-0.4, -0.2) is 50.5 Å². The van der Waals surface area contributed by atoms with Crippen molar-refractivity contribution in [3.05, 3.63) is 40.8 Å². The molecular formula is C15H18N6O3S. The summed E-state index contributed by atoms with van der Waals surface area (Å²) in [5, 5.41) is 8.02. The third kappa shape index (κ3) is 2.76. The van der Waals surface area contributed by atoms with Crippen LogP contribution in [0, 0.1) is 0 Å². The summed E-state index contributed by atoms with van der Waals surface area (Å²) >= 11 is 0. The molecule has 0 aliphatic carbocycles. The first-order chi connectivity index (χ1) is 11.9. The highest BCUT2D eigenvalue weighted by molar-refractivity contribution is 7.89. The van der Waals surface area contributed by atoms with Gasteiger partial charge < -0.3 is 14.5 Å². The van der Waals surface area contributed by atoms with Crippen molar-refractivity contribution in [2.24, 2.45) is 7.05 Å². The normalized spacial score (nSPS) is 17.3. The van der Waals surface area contributed by atoms with E-state index in [9.17, 15) is 13.2 Å². The van der Waals surface area contributed by atoms with E-state index in [1.165, 1.54) is 16.4 Å². The zero-order valence-electron chi connectivity index (χ0n) is 13.6. The molecule has 4 rings (SSSR count). The lowest BCUT2D eigenvalue weighted by molar-refractivity contribution is 0.310. The Labute approximate surface area is 143 Å². The van der Waals surface area contributed by atoms with E-state index in [2.05, 4.69) is 20.2 Å². The fourth-order valence-electron chi connectivity index (χ4n) is 3.34. The van der Waals surface area contributed by atoms with Gasteiger partial charge in [-0.1, -0.05) is 0 Å². The van der Waals surface area contributed by atoms with Crippen LogP contribution in [0.5, 0.6) is 0 Å². The van der Waals surface area contributed by atoms with Gasteiger partial charge in [-0.05, 0) is 31.0 Å². The Morgan fingerprint density at radius 3 is 2.56 bits per heavy atom. The van der Waals surface area contributed by atoms with Crippen molar-refractivity contribution in [2.75, 3.05) is 13.1 Å². The minimum atomic E-state index is -3.59. The van der Waals surface area contributed by atoms with E-state index in [4.69, 9.17) is 0 Å². The monoisotopic (exact) mass is 362 g/mol. The van der Waals surface area contributed by atoms with Crippen LogP contribution in [0.15, 0.2) is 34.2 Å². The van der Waals surface area contributed by atoms with E-state index in [0.717, 1.165) is 5.82 Å². The number of aromatic nitrogens is 5. The Kier molecular flexibility index (Phi) is 3.73. The van der Waals surface area contributed by atoms with Gasteiger partial charge in [-0.2, -0.15) is 4.31 Å². The number of rotatable bonds is 3. The molecule has 0 saturated carbocycles. The maximum atomic E-state index is 12.9. The molecule has 0 radical (unpaired) electrons. The molecule has 9 nitrogen and oxygen atoms in total. The first-order valence-electron chi connectivity index (χ1n) is 8.01. The topological polar surface area (TPSA) is 117 Å². The Hall–Kier alpha value is -2.46. The van der Waals surface area contributed by atoms with Crippen molar-refractivity contribution in [1.29, 1.82) is 0 Å². The van der Waals surface area contributed by atoms with Crippen molar-refractivity contribution in [2.45, 2.75) is 23.7 Å². The van der Waals surface area contributed by atoms with E-state index in [1.807, 2.05) is 11.6 Å². The zero-order valence-corrected chi connectivity index (χ0v) is 14.5. The molecule has 10 heteroatoms.